The Morgan fingerprint density at radius 1 is 0.886 bits per heavy atom. The zero-order valence-corrected chi connectivity index (χ0v) is 19.0. The third kappa shape index (κ3) is 4.26. The van der Waals surface area contributed by atoms with E-state index in [4.69, 9.17) is 4.42 Å². The number of likely N-dealkylation sites (N-methyl/N-ethyl adjacent to an activating group) is 1. The van der Waals surface area contributed by atoms with Crippen LogP contribution in [0.5, 0.6) is 0 Å². The normalized spacial score (nSPS) is 14.5. The number of hydrogen-bond acceptors (Lipinski definition) is 9. The molecule has 0 atom stereocenters. The Labute approximate surface area is 200 Å². The Morgan fingerprint density at radius 2 is 1.71 bits per heavy atom. The van der Waals surface area contributed by atoms with Gasteiger partial charge in [0.1, 0.15) is 17.2 Å². The van der Waals surface area contributed by atoms with Gasteiger partial charge in [-0.15, -0.1) is 0 Å². The second-order valence-electron chi connectivity index (χ2n) is 8.53. The first-order valence-electron chi connectivity index (χ1n) is 11.3. The summed E-state index contributed by atoms with van der Waals surface area (Å²) in [6.45, 7) is 3.71. The summed E-state index contributed by atoms with van der Waals surface area (Å²) in [5.41, 5.74) is 4.18. The highest BCUT2D eigenvalue weighted by molar-refractivity contribution is 6.04. The van der Waals surface area contributed by atoms with Crippen LogP contribution in [-0.4, -0.2) is 69.0 Å². The summed E-state index contributed by atoms with van der Waals surface area (Å²) in [6, 6.07) is 9.24. The summed E-state index contributed by atoms with van der Waals surface area (Å²) in [7, 11) is 2.11. The Hall–Kier alpha value is -4.44. The number of piperazine rings is 1. The van der Waals surface area contributed by atoms with E-state index in [0.29, 0.717) is 22.6 Å². The van der Waals surface area contributed by atoms with E-state index in [1.807, 2.05) is 24.3 Å². The molecule has 6 heterocycles. The predicted octanol–water partition coefficient (Wildman–Crippen LogP) is 3.23. The first-order chi connectivity index (χ1) is 17.1. The second kappa shape index (κ2) is 8.73. The number of rotatable bonds is 4. The number of carbonyl (C=O) groups excluding carboxylic acids is 1. The van der Waals surface area contributed by atoms with Crippen LogP contribution in [0.25, 0.3) is 33.3 Å². The van der Waals surface area contributed by atoms with E-state index >= 15 is 0 Å². The number of oxazole rings is 1. The van der Waals surface area contributed by atoms with E-state index < -0.39 is 0 Å². The Bertz CT molecular complexity index is 1540. The Morgan fingerprint density at radius 3 is 2.60 bits per heavy atom. The molecule has 10 nitrogen and oxygen atoms in total. The van der Waals surface area contributed by atoms with Gasteiger partial charge in [0.2, 0.25) is 5.71 Å². The van der Waals surface area contributed by atoms with Gasteiger partial charge < -0.3 is 19.5 Å². The highest BCUT2D eigenvalue weighted by Gasteiger charge is 2.17. The first kappa shape index (κ1) is 21.1. The van der Waals surface area contributed by atoms with Crippen LogP contribution in [0, 0.1) is 0 Å². The molecule has 174 valence electrons. The van der Waals surface area contributed by atoms with E-state index in [0.717, 1.165) is 54.0 Å². The van der Waals surface area contributed by atoms with Gasteiger partial charge in [0.05, 0.1) is 11.7 Å². The van der Waals surface area contributed by atoms with Crippen molar-refractivity contribution in [2.75, 3.05) is 43.4 Å². The molecule has 0 radical (unpaired) electrons. The van der Waals surface area contributed by atoms with Crippen LogP contribution in [0.4, 0.5) is 11.6 Å². The summed E-state index contributed by atoms with van der Waals surface area (Å²) in [4.78, 5) is 39.3. The molecule has 6 rings (SSSR count). The largest absolute Gasteiger partial charge is 0.425 e. The fourth-order valence-electron chi connectivity index (χ4n) is 4.13. The molecule has 35 heavy (non-hydrogen) atoms. The average Bonchev–Trinajstić information content (AvgIpc) is 3.37. The minimum Gasteiger partial charge on any atom is -0.425 e. The van der Waals surface area contributed by atoms with Gasteiger partial charge in [-0.05, 0) is 37.4 Å². The van der Waals surface area contributed by atoms with Crippen molar-refractivity contribution in [3.05, 3.63) is 67.1 Å². The number of pyridine rings is 4. The zero-order valence-electron chi connectivity index (χ0n) is 19.0. The smallest absolute Gasteiger partial charge is 0.257 e. The van der Waals surface area contributed by atoms with Crippen molar-refractivity contribution >= 4 is 39.7 Å². The van der Waals surface area contributed by atoms with Crippen molar-refractivity contribution in [2.45, 2.75) is 0 Å². The molecular weight excluding hydrogens is 444 g/mol. The summed E-state index contributed by atoms with van der Waals surface area (Å²) >= 11 is 0. The third-order valence-corrected chi connectivity index (χ3v) is 6.17. The maximum absolute atomic E-state index is 13.0. The van der Waals surface area contributed by atoms with E-state index in [2.05, 4.69) is 47.1 Å². The van der Waals surface area contributed by atoms with Crippen LogP contribution >= 0.6 is 0 Å². The van der Waals surface area contributed by atoms with Gasteiger partial charge in [-0.1, -0.05) is 0 Å². The Balaban J connectivity index is 1.24. The van der Waals surface area contributed by atoms with Crippen molar-refractivity contribution in [3.8, 4) is 11.1 Å². The molecule has 5 aromatic rings. The number of hydrogen-bond donors (Lipinski definition) is 1. The molecule has 1 aliphatic rings. The number of carbonyl (C=O) groups is 1. The predicted molar refractivity (Wildman–Crippen MR) is 132 cm³/mol. The molecule has 0 aromatic carbocycles. The maximum Gasteiger partial charge on any atom is 0.257 e. The number of nitrogens with zero attached hydrogens (tertiary/aromatic N) is 7. The van der Waals surface area contributed by atoms with Gasteiger partial charge in [-0.3, -0.25) is 9.78 Å². The summed E-state index contributed by atoms with van der Waals surface area (Å²) < 4.78 is 5.22. The Kier molecular flexibility index (Phi) is 5.27. The van der Waals surface area contributed by atoms with Crippen LogP contribution < -0.4 is 10.2 Å². The molecule has 5 aromatic heterocycles. The van der Waals surface area contributed by atoms with Crippen molar-refractivity contribution in [3.63, 3.8) is 0 Å². The third-order valence-electron chi connectivity index (χ3n) is 6.17. The molecule has 0 spiro atoms. The van der Waals surface area contributed by atoms with E-state index in [1.165, 1.54) is 6.39 Å². The molecule has 1 aliphatic heterocycles. The van der Waals surface area contributed by atoms with E-state index in [-0.39, 0.29) is 5.91 Å². The highest BCUT2D eigenvalue weighted by Crippen LogP contribution is 2.25. The van der Waals surface area contributed by atoms with Crippen molar-refractivity contribution < 1.29 is 9.21 Å². The van der Waals surface area contributed by atoms with Crippen LogP contribution in [0.15, 0.2) is 65.9 Å². The first-order valence-corrected chi connectivity index (χ1v) is 11.3. The van der Waals surface area contributed by atoms with Gasteiger partial charge in [0, 0.05) is 66.8 Å². The van der Waals surface area contributed by atoms with E-state index in [9.17, 15) is 4.79 Å². The average molecular weight is 467 g/mol. The quantitative estimate of drug-likeness (QED) is 0.426. The fraction of sp³-hybridized carbons (Fsp3) is 0.200. The van der Waals surface area contributed by atoms with Gasteiger partial charge in [0.25, 0.3) is 5.91 Å². The lowest BCUT2D eigenvalue weighted by atomic mass is 10.1. The number of aromatic nitrogens is 5. The lowest BCUT2D eigenvalue weighted by Gasteiger charge is -2.33. The van der Waals surface area contributed by atoms with Crippen LogP contribution in [0.3, 0.4) is 0 Å². The summed E-state index contributed by atoms with van der Waals surface area (Å²) in [6.07, 6.45) is 8.18. The van der Waals surface area contributed by atoms with Crippen LogP contribution in [-0.2, 0) is 0 Å². The monoisotopic (exact) mass is 466 g/mol. The maximum atomic E-state index is 13.0. The van der Waals surface area contributed by atoms with Gasteiger partial charge in [-0.25, -0.2) is 19.9 Å². The van der Waals surface area contributed by atoms with E-state index in [1.54, 1.807) is 30.9 Å². The molecule has 0 aliphatic carbocycles. The number of nitrogens with one attached hydrogen (secondary N) is 1. The molecule has 1 amide bonds. The van der Waals surface area contributed by atoms with Gasteiger partial charge in [-0.2, -0.15) is 0 Å². The van der Waals surface area contributed by atoms with Gasteiger partial charge >= 0.3 is 0 Å². The highest BCUT2D eigenvalue weighted by atomic mass is 16.3. The van der Waals surface area contributed by atoms with Crippen molar-refractivity contribution in [1.29, 1.82) is 0 Å². The number of anilines is 2. The topological polar surface area (TPSA) is 113 Å². The summed E-state index contributed by atoms with van der Waals surface area (Å²) in [5.74, 6) is 1.02. The molecule has 0 saturated carbocycles. The fourth-order valence-corrected chi connectivity index (χ4v) is 4.13. The SMILES string of the molecule is CN1CCN(c2cc(C(=O)Nc3cc4cc(-c5cnc6ocnc6c5)cnc4cn3)ccn2)CC1. The van der Waals surface area contributed by atoms with Crippen molar-refractivity contribution in [1.82, 2.24) is 29.8 Å². The number of amides is 1. The molecule has 1 N–H and O–H groups in total. The second-order valence-corrected chi connectivity index (χ2v) is 8.53. The molecule has 1 fully saturated rings. The minimum absolute atomic E-state index is 0.237. The molecule has 1 saturated heterocycles. The molecule has 0 bridgehead atoms. The number of fused-ring (bicyclic) bond motifs is 2. The molecular formula is C25H22N8O2. The lowest BCUT2D eigenvalue weighted by molar-refractivity contribution is 0.102. The lowest BCUT2D eigenvalue weighted by Crippen LogP contribution is -2.44. The molecule has 0 unspecified atom stereocenters. The standard InChI is InChI=1S/C25H22N8O2/c1-32-4-6-33(7-5-32)23-11-16(2-3-26-23)24(34)31-22-10-17-8-18(12-27-21(17)14-28-22)19-9-20-25(29-13-19)35-15-30-20/h2-3,8-15H,4-7H2,1H3,(H,28,31,34). The van der Waals surface area contributed by atoms with Gasteiger partial charge in [0.15, 0.2) is 6.39 Å². The zero-order chi connectivity index (χ0) is 23.8. The molecule has 10 heteroatoms. The summed E-state index contributed by atoms with van der Waals surface area (Å²) in [5, 5.41) is 3.75. The van der Waals surface area contributed by atoms with Crippen LogP contribution in [0.2, 0.25) is 0 Å². The van der Waals surface area contributed by atoms with Crippen molar-refractivity contribution in [2.24, 2.45) is 0 Å². The minimum atomic E-state index is -0.237. The van der Waals surface area contributed by atoms with Crippen LogP contribution in [0.1, 0.15) is 10.4 Å².